The van der Waals surface area contributed by atoms with Crippen molar-refractivity contribution in [2.24, 2.45) is 11.8 Å². The first-order chi connectivity index (χ1) is 26.9. The zero-order chi connectivity index (χ0) is 39.7. The van der Waals surface area contributed by atoms with Crippen LogP contribution in [-0.4, -0.2) is 93.1 Å². The van der Waals surface area contributed by atoms with Gasteiger partial charge in [-0.2, -0.15) is 0 Å². The molecule has 0 spiro atoms. The molecule has 2 saturated heterocycles. The maximum Gasteiger partial charge on any atom is 0.407 e. The van der Waals surface area contributed by atoms with E-state index < -0.39 is 24.3 Å². The van der Waals surface area contributed by atoms with Gasteiger partial charge in [0.05, 0.1) is 50.1 Å². The number of ether oxygens (including phenoxy) is 3. The number of benzene rings is 2. The van der Waals surface area contributed by atoms with Crippen LogP contribution in [0.3, 0.4) is 0 Å². The van der Waals surface area contributed by atoms with Gasteiger partial charge < -0.3 is 44.6 Å². The Labute approximate surface area is 325 Å². The fourth-order valence-electron chi connectivity index (χ4n) is 7.96. The van der Waals surface area contributed by atoms with Crippen LogP contribution in [0.25, 0.3) is 22.5 Å². The van der Waals surface area contributed by atoms with Crippen molar-refractivity contribution in [2.45, 2.75) is 84.0 Å². The fourth-order valence-corrected chi connectivity index (χ4v) is 7.96. The van der Waals surface area contributed by atoms with E-state index in [9.17, 15) is 19.2 Å². The average molecular weight is 767 g/mol. The summed E-state index contributed by atoms with van der Waals surface area (Å²) in [6.07, 6.45) is 6.21. The van der Waals surface area contributed by atoms with E-state index in [0.29, 0.717) is 31.2 Å². The molecule has 4 amide bonds. The average Bonchev–Trinajstić information content (AvgIpc) is 4.03. The summed E-state index contributed by atoms with van der Waals surface area (Å²) in [5, 5.41) is 5.39. The lowest BCUT2D eigenvalue weighted by molar-refractivity contribution is -0.136. The van der Waals surface area contributed by atoms with Crippen molar-refractivity contribution in [3.8, 4) is 34.0 Å². The molecular formula is C41H50N8O7. The van der Waals surface area contributed by atoms with E-state index in [0.717, 1.165) is 70.8 Å². The van der Waals surface area contributed by atoms with E-state index >= 15 is 0 Å². The number of amides is 4. The molecule has 15 nitrogen and oxygen atoms in total. The van der Waals surface area contributed by atoms with Gasteiger partial charge >= 0.3 is 12.2 Å². The molecule has 296 valence electrons. The van der Waals surface area contributed by atoms with Gasteiger partial charge in [0.15, 0.2) is 0 Å². The lowest BCUT2D eigenvalue weighted by atomic mass is 9.96. The van der Waals surface area contributed by atoms with Gasteiger partial charge in [0.25, 0.3) is 0 Å². The summed E-state index contributed by atoms with van der Waals surface area (Å²) in [6.45, 7) is 8.75. The predicted molar refractivity (Wildman–Crippen MR) is 207 cm³/mol. The Balaban J connectivity index is 1.03. The molecule has 2 aromatic heterocycles. The number of fused-ring (bicyclic) bond motifs is 2. The highest BCUT2D eigenvalue weighted by molar-refractivity contribution is 5.87. The van der Waals surface area contributed by atoms with Crippen molar-refractivity contribution in [2.75, 3.05) is 27.3 Å². The third-order valence-corrected chi connectivity index (χ3v) is 11.0. The first-order valence-corrected chi connectivity index (χ1v) is 19.3. The number of alkyl carbamates (subject to hydrolysis) is 2. The van der Waals surface area contributed by atoms with E-state index in [1.54, 1.807) is 22.2 Å². The molecule has 56 heavy (non-hydrogen) atoms. The molecule has 5 heterocycles. The quantitative estimate of drug-likeness (QED) is 0.128. The zero-order valence-corrected chi connectivity index (χ0v) is 32.7. The number of nitrogens with one attached hydrogen (secondary N) is 4. The molecule has 4 atom stereocenters. The third kappa shape index (κ3) is 7.66. The largest absolute Gasteiger partial charge is 0.457 e. The second-order valence-corrected chi connectivity index (χ2v) is 15.4. The number of aromatic amines is 2. The Morgan fingerprint density at radius 2 is 1.21 bits per heavy atom. The van der Waals surface area contributed by atoms with Crippen LogP contribution in [0.5, 0.6) is 11.5 Å². The standard InChI is InChI=1S/C41H50N8O7/c1-22(2)34(46-40(52)54-5)38(50)48-15-7-9-30(48)36-42-20-28(44-36)24-13-14-32-27(17-24)18-26-12-11-25(19-33(26)56-32)29-21-43-37(45-29)31-10-8-16-49(31)39(51)35(23(3)4)47-41(53)55-6/h11-14,17,19-23,30-31,34-35H,7-10,15-16,18H2,1-6H3,(H,42,44)(H,43,45)(H,46,52)(H,47,53)/t30-,31-,34-,35-/m0/s1. The van der Waals surface area contributed by atoms with Crippen LogP contribution in [0.4, 0.5) is 9.59 Å². The highest BCUT2D eigenvalue weighted by atomic mass is 16.5. The first kappa shape index (κ1) is 38.4. The molecular weight excluding hydrogens is 716 g/mol. The molecule has 2 aromatic carbocycles. The molecule has 3 aliphatic rings. The predicted octanol–water partition coefficient (Wildman–Crippen LogP) is 6.25. The molecule has 0 aliphatic carbocycles. The van der Waals surface area contributed by atoms with E-state index in [4.69, 9.17) is 24.2 Å². The number of methoxy groups -OCH3 is 2. The minimum absolute atomic E-state index is 0.114. The summed E-state index contributed by atoms with van der Waals surface area (Å²) in [4.78, 5) is 71.1. The molecule has 0 saturated carbocycles. The van der Waals surface area contributed by atoms with E-state index in [-0.39, 0.29) is 35.7 Å². The van der Waals surface area contributed by atoms with E-state index in [1.807, 2.05) is 52.0 Å². The van der Waals surface area contributed by atoms with Crippen molar-refractivity contribution in [1.29, 1.82) is 0 Å². The molecule has 0 unspecified atom stereocenters. The molecule has 4 aromatic rings. The van der Waals surface area contributed by atoms with Crippen molar-refractivity contribution in [3.63, 3.8) is 0 Å². The van der Waals surface area contributed by atoms with Crippen LogP contribution in [0.15, 0.2) is 48.8 Å². The second-order valence-electron chi connectivity index (χ2n) is 15.4. The second kappa shape index (κ2) is 16.1. The van der Waals surface area contributed by atoms with Gasteiger partial charge in [0.2, 0.25) is 11.8 Å². The summed E-state index contributed by atoms with van der Waals surface area (Å²) in [5.41, 5.74) is 5.62. The normalized spacial score (nSPS) is 18.6. The number of H-pyrrole nitrogens is 2. The smallest absolute Gasteiger partial charge is 0.407 e. The number of imidazole rings is 2. The number of hydrogen-bond acceptors (Lipinski definition) is 9. The number of nitrogens with zero attached hydrogens (tertiary/aromatic N) is 4. The van der Waals surface area contributed by atoms with Crippen molar-refractivity contribution in [3.05, 3.63) is 71.6 Å². The highest BCUT2D eigenvalue weighted by Gasteiger charge is 2.39. The van der Waals surface area contributed by atoms with Crippen LogP contribution < -0.4 is 15.4 Å². The van der Waals surface area contributed by atoms with E-state index in [2.05, 4.69) is 32.7 Å². The zero-order valence-electron chi connectivity index (χ0n) is 32.7. The number of rotatable bonds is 10. The SMILES string of the molecule is COC(=O)N[C@H](C(=O)N1CCC[C@H]1c1ncc(-c2ccc3c(c2)Cc2ccc(-c4cnc([C@@H]5CCCN5C(=O)[C@@H](NC(=O)OC)C(C)C)[nH]4)cc2O3)[nH]1)C(C)C. The van der Waals surface area contributed by atoms with E-state index in [1.165, 1.54) is 14.2 Å². The Morgan fingerprint density at radius 1 is 0.714 bits per heavy atom. The van der Waals surface area contributed by atoms with Crippen LogP contribution in [0, 0.1) is 11.8 Å². The summed E-state index contributed by atoms with van der Waals surface area (Å²) in [5.74, 6) is 2.42. The van der Waals surface area contributed by atoms with Crippen LogP contribution in [0.1, 0.15) is 88.2 Å². The Bertz CT molecular complexity index is 1960. The minimum Gasteiger partial charge on any atom is -0.457 e. The number of likely N-dealkylation sites (tertiary alicyclic amines) is 2. The fraction of sp³-hybridized carbons (Fsp3) is 0.463. The lowest BCUT2D eigenvalue weighted by Gasteiger charge is -2.30. The Kier molecular flexibility index (Phi) is 11.0. The lowest BCUT2D eigenvalue weighted by Crippen LogP contribution is -2.51. The number of carbonyl (C=O) groups excluding carboxylic acids is 4. The number of carbonyl (C=O) groups is 4. The molecule has 7 rings (SSSR count). The summed E-state index contributed by atoms with van der Waals surface area (Å²) < 4.78 is 16.0. The van der Waals surface area contributed by atoms with Gasteiger partial charge in [-0.1, -0.05) is 39.8 Å². The maximum atomic E-state index is 13.6. The van der Waals surface area contributed by atoms with Gasteiger partial charge in [-0.3, -0.25) is 9.59 Å². The number of hydrogen-bond donors (Lipinski definition) is 4. The first-order valence-electron chi connectivity index (χ1n) is 19.3. The van der Waals surface area contributed by atoms with Crippen molar-refractivity contribution < 1.29 is 33.4 Å². The van der Waals surface area contributed by atoms with Gasteiger partial charge in [0.1, 0.15) is 35.2 Å². The molecule has 15 heteroatoms. The minimum atomic E-state index is -0.701. The maximum absolute atomic E-state index is 13.6. The summed E-state index contributed by atoms with van der Waals surface area (Å²) in [6, 6.07) is 10.3. The molecule has 0 bridgehead atoms. The monoisotopic (exact) mass is 766 g/mol. The van der Waals surface area contributed by atoms with Crippen LogP contribution in [-0.2, 0) is 25.5 Å². The molecule has 3 aliphatic heterocycles. The summed E-state index contributed by atoms with van der Waals surface area (Å²) in [7, 11) is 2.57. The van der Waals surface area contributed by atoms with Gasteiger partial charge in [-0.05, 0) is 72.9 Å². The van der Waals surface area contributed by atoms with Crippen molar-refractivity contribution in [1.82, 2.24) is 40.4 Å². The van der Waals surface area contributed by atoms with Crippen molar-refractivity contribution >= 4 is 24.0 Å². The topological polar surface area (TPSA) is 184 Å². The number of aromatic nitrogens is 4. The van der Waals surface area contributed by atoms with Gasteiger partial charge in [-0.15, -0.1) is 0 Å². The van der Waals surface area contributed by atoms with Crippen LogP contribution in [0.2, 0.25) is 0 Å². The highest BCUT2D eigenvalue weighted by Crippen LogP contribution is 2.41. The molecule has 0 radical (unpaired) electrons. The van der Waals surface area contributed by atoms with Crippen LogP contribution >= 0.6 is 0 Å². The summed E-state index contributed by atoms with van der Waals surface area (Å²) >= 11 is 0. The van der Waals surface area contributed by atoms with Gasteiger partial charge in [0, 0.05) is 30.6 Å². The molecule has 4 N–H and O–H groups in total. The van der Waals surface area contributed by atoms with Gasteiger partial charge in [-0.25, -0.2) is 19.6 Å². The Morgan fingerprint density at radius 3 is 1.71 bits per heavy atom. The third-order valence-electron chi connectivity index (χ3n) is 11.0. The molecule has 2 fully saturated rings. The Hall–Kier alpha value is -5.86.